The largest absolute Gasteiger partial charge is 0.488 e. The van der Waals surface area contributed by atoms with Gasteiger partial charge in [-0.3, -0.25) is 0 Å². The minimum absolute atomic E-state index is 0.198. The fraction of sp³-hybridized carbons (Fsp3) is 0.227. The Morgan fingerprint density at radius 3 is 2.67 bits per heavy atom. The lowest BCUT2D eigenvalue weighted by molar-refractivity contribution is 0.0378. The van der Waals surface area contributed by atoms with Crippen LogP contribution >= 0.6 is 15.9 Å². The molecule has 0 amide bonds. The van der Waals surface area contributed by atoms with Gasteiger partial charge in [0.25, 0.3) is 0 Å². The standard InChI is InChI=1S/C22H21BrO4/c1-14(2)26-22(24)21-15(3)27-19-13-18(23)20(12-17(19)21)25-11-7-10-16-8-5-4-6-9-16/h4-10,12-14H,11H2,1-3H3. The zero-order valence-electron chi connectivity index (χ0n) is 15.5. The number of fused-ring (bicyclic) bond motifs is 1. The van der Waals surface area contributed by atoms with Gasteiger partial charge in [-0.15, -0.1) is 0 Å². The Morgan fingerprint density at radius 2 is 1.96 bits per heavy atom. The number of carbonyl (C=O) groups is 1. The van der Waals surface area contributed by atoms with Gasteiger partial charge in [0.15, 0.2) is 0 Å². The second-order valence-corrected chi connectivity index (χ2v) is 7.24. The molecule has 5 heteroatoms. The van der Waals surface area contributed by atoms with Gasteiger partial charge in [0.05, 0.1) is 10.6 Å². The summed E-state index contributed by atoms with van der Waals surface area (Å²) in [5.41, 5.74) is 2.16. The molecule has 0 bridgehead atoms. The molecule has 0 saturated carbocycles. The van der Waals surface area contributed by atoms with Crippen molar-refractivity contribution in [2.75, 3.05) is 6.61 Å². The number of rotatable bonds is 6. The Labute approximate surface area is 166 Å². The molecule has 3 aromatic rings. The number of aryl methyl sites for hydroxylation is 1. The van der Waals surface area contributed by atoms with E-state index in [4.69, 9.17) is 13.9 Å². The average molecular weight is 429 g/mol. The van der Waals surface area contributed by atoms with E-state index in [1.165, 1.54) is 0 Å². The van der Waals surface area contributed by atoms with E-state index >= 15 is 0 Å². The Kier molecular flexibility index (Phi) is 6.01. The van der Waals surface area contributed by atoms with Crippen molar-refractivity contribution in [2.45, 2.75) is 26.9 Å². The van der Waals surface area contributed by atoms with Gasteiger partial charge in [-0.05, 0) is 60.5 Å². The molecule has 0 spiro atoms. The minimum atomic E-state index is -0.390. The van der Waals surface area contributed by atoms with Gasteiger partial charge in [-0.1, -0.05) is 36.4 Å². The van der Waals surface area contributed by atoms with Crippen molar-refractivity contribution >= 4 is 38.9 Å². The van der Waals surface area contributed by atoms with E-state index in [-0.39, 0.29) is 6.10 Å². The first-order valence-corrected chi connectivity index (χ1v) is 9.53. The molecule has 0 aliphatic carbocycles. The first kappa shape index (κ1) is 19.2. The van der Waals surface area contributed by atoms with E-state index in [0.717, 1.165) is 10.0 Å². The lowest BCUT2D eigenvalue weighted by Gasteiger charge is -2.08. The van der Waals surface area contributed by atoms with E-state index in [1.807, 2.05) is 68.5 Å². The molecular formula is C22H21BrO4. The lowest BCUT2D eigenvalue weighted by atomic mass is 10.1. The van der Waals surface area contributed by atoms with E-state index < -0.39 is 5.97 Å². The zero-order valence-corrected chi connectivity index (χ0v) is 17.1. The summed E-state index contributed by atoms with van der Waals surface area (Å²) in [7, 11) is 0. The highest BCUT2D eigenvalue weighted by Crippen LogP contribution is 2.35. The van der Waals surface area contributed by atoms with Crippen LogP contribution in [0.25, 0.3) is 17.0 Å². The van der Waals surface area contributed by atoms with Gasteiger partial charge in [0.2, 0.25) is 0 Å². The van der Waals surface area contributed by atoms with E-state index in [2.05, 4.69) is 15.9 Å². The van der Waals surface area contributed by atoms with Crippen LogP contribution < -0.4 is 4.74 Å². The SMILES string of the molecule is Cc1oc2cc(Br)c(OCC=Cc3ccccc3)cc2c1C(=O)OC(C)C. The molecule has 0 aliphatic heterocycles. The maximum absolute atomic E-state index is 12.4. The topological polar surface area (TPSA) is 48.7 Å². The van der Waals surface area contributed by atoms with Crippen LogP contribution in [0.2, 0.25) is 0 Å². The summed E-state index contributed by atoms with van der Waals surface area (Å²) < 4.78 is 17.7. The molecule has 0 radical (unpaired) electrons. The van der Waals surface area contributed by atoms with E-state index in [1.54, 1.807) is 6.92 Å². The van der Waals surface area contributed by atoms with Crippen molar-refractivity contribution < 1.29 is 18.7 Å². The van der Waals surface area contributed by atoms with Crippen LogP contribution in [0.1, 0.15) is 35.5 Å². The quantitative estimate of drug-likeness (QED) is 0.441. The second kappa shape index (κ2) is 8.44. The monoisotopic (exact) mass is 428 g/mol. The minimum Gasteiger partial charge on any atom is -0.488 e. The van der Waals surface area contributed by atoms with Gasteiger partial charge < -0.3 is 13.9 Å². The van der Waals surface area contributed by atoms with Crippen LogP contribution in [0.3, 0.4) is 0 Å². The Balaban J connectivity index is 1.82. The molecule has 4 nitrogen and oxygen atoms in total. The molecule has 0 aliphatic rings. The fourth-order valence-corrected chi connectivity index (χ4v) is 3.18. The summed E-state index contributed by atoms with van der Waals surface area (Å²) in [6.45, 7) is 5.80. The number of ether oxygens (including phenoxy) is 2. The summed E-state index contributed by atoms with van der Waals surface area (Å²) in [6.07, 6.45) is 3.75. The van der Waals surface area contributed by atoms with Gasteiger partial charge in [-0.25, -0.2) is 4.79 Å². The van der Waals surface area contributed by atoms with Crippen molar-refractivity contribution in [3.63, 3.8) is 0 Å². The molecule has 2 aromatic carbocycles. The highest BCUT2D eigenvalue weighted by molar-refractivity contribution is 9.10. The third-order valence-electron chi connectivity index (χ3n) is 3.91. The molecule has 3 rings (SSSR count). The summed E-state index contributed by atoms with van der Waals surface area (Å²) in [5.74, 6) is 0.779. The van der Waals surface area contributed by atoms with Crippen molar-refractivity contribution in [1.29, 1.82) is 0 Å². The molecule has 1 heterocycles. The zero-order chi connectivity index (χ0) is 19.4. The highest BCUT2D eigenvalue weighted by Gasteiger charge is 2.22. The van der Waals surface area contributed by atoms with Crippen LogP contribution in [-0.2, 0) is 4.74 Å². The van der Waals surface area contributed by atoms with Crippen LogP contribution in [0.15, 0.2) is 57.4 Å². The number of benzene rings is 2. The van der Waals surface area contributed by atoms with Crippen LogP contribution in [-0.4, -0.2) is 18.7 Å². The summed E-state index contributed by atoms with van der Waals surface area (Å²) >= 11 is 3.50. The molecule has 140 valence electrons. The predicted octanol–water partition coefficient (Wildman–Crippen LogP) is 6.16. The van der Waals surface area contributed by atoms with Crippen molar-refractivity contribution in [3.8, 4) is 5.75 Å². The smallest absolute Gasteiger partial charge is 0.342 e. The molecule has 0 saturated heterocycles. The first-order valence-electron chi connectivity index (χ1n) is 8.73. The number of carbonyl (C=O) groups excluding carboxylic acids is 1. The number of hydrogen-bond acceptors (Lipinski definition) is 4. The normalized spacial score (nSPS) is 11.4. The lowest BCUT2D eigenvalue weighted by Crippen LogP contribution is -2.12. The molecule has 1 aromatic heterocycles. The van der Waals surface area contributed by atoms with Crippen LogP contribution in [0.5, 0.6) is 5.75 Å². The third kappa shape index (κ3) is 4.61. The highest BCUT2D eigenvalue weighted by atomic mass is 79.9. The van der Waals surface area contributed by atoms with Crippen LogP contribution in [0.4, 0.5) is 0 Å². The van der Waals surface area contributed by atoms with E-state index in [9.17, 15) is 4.79 Å². The summed E-state index contributed by atoms with van der Waals surface area (Å²) in [4.78, 5) is 12.4. The van der Waals surface area contributed by atoms with E-state index in [0.29, 0.717) is 34.6 Å². The van der Waals surface area contributed by atoms with Crippen molar-refractivity contribution in [2.24, 2.45) is 0 Å². The Hall–Kier alpha value is -2.53. The number of hydrogen-bond donors (Lipinski definition) is 0. The van der Waals surface area contributed by atoms with Gasteiger partial charge in [0, 0.05) is 5.39 Å². The Bertz CT molecular complexity index is 971. The van der Waals surface area contributed by atoms with Gasteiger partial charge in [0.1, 0.15) is 29.3 Å². The van der Waals surface area contributed by atoms with Crippen LogP contribution in [0, 0.1) is 6.92 Å². The van der Waals surface area contributed by atoms with Crippen molar-refractivity contribution in [1.82, 2.24) is 0 Å². The molecule has 0 fully saturated rings. The third-order valence-corrected chi connectivity index (χ3v) is 4.53. The number of furan rings is 1. The molecule has 0 N–H and O–H groups in total. The summed E-state index contributed by atoms with van der Waals surface area (Å²) in [5, 5.41) is 0.684. The molecule has 27 heavy (non-hydrogen) atoms. The fourth-order valence-electron chi connectivity index (χ4n) is 2.74. The first-order chi connectivity index (χ1) is 13.0. The molecule has 0 unspecified atom stereocenters. The number of halogens is 1. The Morgan fingerprint density at radius 1 is 1.22 bits per heavy atom. The molecular weight excluding hydrogens is 408 g/mol. The average Bonchev–Trinajstić information content (AvgIpc) is 2.93. The maximum atomic E-state index is 12.4. The predicted molar refractivity (Wildman–Crippen MR) is 110 cm³/mol. The second-order valence-electron chi connectivity index (χ2n) is 6.39. The maximum Gasteiger partial charge on any atom is 0.342 e. The van der Waals surface area contributed by atoms with Gasteiger partial charge in [-0.2, -0.15) is 0 Å². The molecule has 0 atom stereocenters. The van der Waals surface area contributed by atoms with Gasteiger partial charge >= 0.3 is 5.97 Å². The summed E-state index contributed by atoms with van der Waals surface area (Å²) in [6, 6.07) is 13.6. The van der Waals surface area contributed by atoms with Crippen molar-refractivity contribution in [3.05, 3.63) is 69.9 Å². The number of esters is 1.